The van der Waals surface area contributed by atoms with Gasteiger partial charge in [0, 0.05) is 4.75 Å². The topological polar surface area (TPSA) is 0 Å². The molecule has 0 amide bonds. The van der Waals surface area contributed by atoms with E-state index in [1.807, 2.05) is 0 Å². The second-order valence-corrected chi connectivity index (χ2v) is 6.41. The van der Waals surface area contributed by atoms with E-state index in [0.717, 1.165) is 0 Å². The normalized spacial score (nSPS) is 14.1. The van der Waals surface area contributed by atoms with Crippen LogP contribution in [0.4, 0.5) is 0 Å². The molecule has 0 saturated carbocycles. The maximum absolute atomic E-state index is 4.53. The Labute approximate surface area is 117 Å². The summed E-state index contributed by atoms with van der Waals surface area (Å²) in [5, 5.41) is 0. The highest BCUT2D eigenvalue weighted by Crippen LogP contribution is 2.28. The zero-order valence-electron chi connectivity index (χ0n) is 11.9. The largest absolute Gasteiger partial charge is 0.168 e. The summed E-state index contributed by atoms with van der Waals surface area (Å²) in [6, 6.07) is 6.51. The van der Waals surface area contributed by atoms with Crippen molar-refractivity contribution in [3.05, 3.63) is 59.2 Å². The first-order valence-electron chi connectivity index (χ1n) is 6.53. The van der Waals surface area contributed by atoms with E-state index in [4.69, 9.17) is 0 Å². The lowest BCUT2D eigenvalue weighted by atomic mass is 9.98. The van der Waals surface area contributed by atoms with Gasteiger partial charge in [0.15, 0.2) is 0 Å². The highest BCUT2D eigenvalue weighted by molar-refractivity contribution is 7.81. The summed E-state index contributed by atoms with van der Waals surface area (Å²) in [5.41, 5.74) is 3.97. The van der Waals surface area contributed by atoms with Gasteiger partial charge >= 0.3 is 0 Å². The highest BCUT2D eigenvalue weighted by atomic mass is 32.1. The second-order valence-electron chi connectivity index (χ2n) is 5.29. The molecule has 2 rings (SSSR count). The van der Waals surface area contributed by atoms with E-state index in [2.05, 4.69) is 82.8 Å². The molecule has 0 nitrogen and oxygen atoms in total. The summed E-state index contributed by atoms with van der Waals surface area (Å²) in [7, 11) is 0. The molecule has 0 N–H and O–H groups in total. The van der Waals surface area contributed by atoms with Gasteiger partial charge < -0.3 is 0 Å². The summed E-state index contributed by atoms with van der Waals surface area (Å²) in [6.45, 7) is 8.49. The fourth-order valence-corrected chi connectivity index (χ4v) is 1.80. The molecule has 1 aromatic rings. The van der Waals surface area contributed by atoms with Crippen molar-refractivity contribution in [2.24, 2.45) is 0 Å². The summed E-state index contributed by atoms with van der Waals surface area (Å²) < 4.78 is -0.0293. The van der Waals surface area contributed by atoms with Crippen molar-refractivity contribution in [1.82, 2.24) is 0 Å². The molecule has 0 heterocycles. The van der Waals surface area contributed by atoms with Gasteiger partial charge in [0.25, 0.3) is 0 Å². The fourth-order valence-electron chi connectivity index (χ4n) is 1.66. The predicted molar refractivity (Wildman–Crippen MR) is 85.4 cm³/mol. The first-order valence-corrected chi connectivity index (χ1v) is 6.98. The lowest BCUT2D eigenvalue weighted by molar-refractivity contribution is 0.789. The Morgan fingerprint density at radius 3 is 1.83 bits per heavy atom. The van der Waals surface area contributed by atoms with Crippen molar-refractivity contribution in [2.75, 3.05) is 0 Å². The lowest BCUT2D eigenvalue weighted by Crippen LogP contribution is -2.07. The van der Waals surface area contributed by atoms with Gasteiger partial charge in [-0.15, -0.1) is 0 Å². The lowest BCUT2D eigenvalue weighted by Gasteiger charge is -2.18. The molecule has 0 aromatic heterocycles. The molecular weight excluding hydrogens is 236 g/mol. The molecular formula is C17H24S. The Bertz CT molecular complexity index is 421. The number of thiol groups is 1. The third-order valence-corrected chi connectivity index (χ3v) is 3.35. The minimum atomic E-state index is -0.0293. The minimum Gasteiger partial charge on any atom is -0.168 e. The smallest absolute Gasteiger partial charge is 0.0322 e. The number of hydrogen-bond donors (Lipinski definition) is 1. The van der Waals surface area contributed by atoms with E-state index >= 15 is 0 Å². The molecule has 0 atom stereocenters. The standard InChI is InChI=1S/C11H16S.C6H8/c1-8-5-6-10(7-9(8)2)11(3,4)12;1-2-4-6-5-3-1/h5-7,12H,1-4H3;1-4H,5-6H2. The molecule has 1 aliphatic rings. The van der Waals surface area contributed by atoms with Crippen LogP contribution in [0.25, 0.3) is 0 Å². The Morgan fingerprint density at radius 2 is 1.50 bits per heavy atom. The quantitative estimate of drug-likeness (QED) is 0.646. The molecule has 98 valence electrons. The van der Waals surface area contributed by atoms with Gasteiger partial charge in [0.05, 0.1) is 0 Å². The van der Waals surface area contributed by atoms with Crippen molar-refractivity contribution < 1.29 is 0 Å². The van der Waals surface area contributed by atoms with Crippen LogP contribution in [0, 0.1) is 13.8 Å². The van der Waals surface area contributed by atoms with Gasteiger partial charge in [-0.05, 0) is 57.2 Å². The Balaban J connectivity index is 0.000000225. The first kappa shape index (κ1) is 15.1. The number of hydrogen-bond acceptors (Lipinski definition) is 1. The Hall–Kier alpha value is -0.950. The molecule has 0 aliphatic heterocycles. The fraction of sp³-hybridized carbons (Fsp3) is 0.412. The zero-order valence-corrected chi connectivity index (χ0v) is 12.8. The van der Waals surface area contributed by atoms with E-state index in [0.29, 0.717) is 0 Å². The summed E-state index contributed by atoms with van der Waals surface area (Å²) in [6.07, 6.45) is 11.0. The molecule has 1 aliphatic carbocycles. The van der Waals surface area contributed by atoms with Crippen LogP contribution < -0.4 is 0 Å². The number of allylic oxidation sites excluding steroid dienone is 4. The second kappa shape index (κ2) is 6.84. The third-order valence-electron chi connectivity index (χ3n) is 3.10. The van der Waals surface area contributed by atoms with E-state index in [-0.39, 0.29) is 4.75 Å². The maximum atomic E-state index is 4.53. The van der Waals surface area contributed by atoms with Gasteiger partial charge in [0.2, 0.25) is 0 Å². The van der Waals surface area contributed by atoms with Crippen LogP contribution in [0.1, 0.15) is 43.4 Å². The molecule has 0 fully saturated rings. The molecule has 0 bridgehead atoms. The van der Waals surface area contributed by atoms with Gasteiger partial charge in [-0.3, -0.25) is 0 Å². The van der Waals surface area contributed by atoms with Crippen LogP contribution in [0.5, 0.6) is 0 Å². The number of rotatable bonds is 1. The summed E-state index contributed by atoms with van der Waals surface area (Å²) in [5.74, 6) is 0. The molecule has 18 heavy (non-hydrogen) atoms. The van der Waals surface area contributed by atoms with Crippen molar-refractivity contribution in [2.45, 2.75) is 45.3 Å². The molecule has 1 aromatic carbocycles. The van der Waals surface area contributed by atoms with Gasteiger partial charge in [-0.1, -0.05) is 42.5 Å². The van der Waals surface area contributed by atoms with E-state index in [9.17, 15) is 0 Å². The van der Waals surface area contributed by atoms with E-state index in [1.165, 1.54) is 29.5 Å². The van der Waals surface area contributed by atoms with Gasteiger partial charge in [0.1, 0.15) is 0 Å². The van der Waals surface area contributed by atoms with Crippen LogP contribution in [0.3, 0.4) is 0 Å². The van der Waals surface area contributed by atoms with Crippen molar-refractivity contribution in [1.29, 1.82) is 0 Å². The average Bonchev–Trinajstić information content (AvgIpc) is 2.34. The van der Waals surface area contributed by atoms with Crippen LogP contribution >= 0.6 is 12.6 Å². The average molecular weight is 260 g/mol. The molecule has 0 unspecified atom stereocenters. The zero-order chi connectivity index (χ0) is 13.6. The minimum absolute atomic E-state index is 0.0293. The van der Waals surface area contributed by atoms with Crippen LogP contribution in [0.15, 0.2) is 42.5 Å². The van der Waals surface area contributed by atoms with Crippen LogP contribution in [-0.4, -0.2) is 0 Å². The maximum Gasteiger partial charge on any atom is 0.0322 e. The summed E-state index contributed by atoms with van der Waals surface area (Å²) in [4.78, 5) is 0. The van der Waals surface area contributed by atoms with Gasteiger partial charge in [-0.25, -0.2) is 0 Å². The number of benzene rings is 1. The SMILES string of the molecule is C1=CCCC=C1.Cc1ccc(C(C)(C)S)cc1C. The third kappa shape index (κ3) is 5.14. The Kier molecular flexibility index (Phi) is 5.74. The monoisotopic (exact) mass is 260 g/mol. The van der Waals surface area contributed by atoms with Crippen molar-refractivity contribution in [3.8, 4) is 0 Å². The van der Waals surface area contributed by atoms with Crippen LogP contribution in [-0.2, 0) is 4.75 Å². The molecule has 0 saturated heterocycles. The van der Waals surface area contributed by atoms with E-state index in [1.54, 1.807) is 0 Å². The van der Waals surface area contributed by atoms with Gasteiger partial charge in [-0.2, -0.15) is 12.6 Å². The van der Waals surface area contributed by atoms with Crippen molar-refractivity contribution in [3.63, 3.8) is 0 Å². The molecule has 0 spiro atoms. The van der Waals surface area contributed by atoms with E-state index < -0.39 is 0 Å². The predicted octanol–water partition coefficient (Wildman–Crippen LogP) is 5.36. The number of aryl methyl sites for hydroxylation is 2. The van der Waals surface area contributed by atoms with Crippen molar-refractivity contribution >= 4 is 12.6 Å². The molecule has 1 heteroatoms. The Morgan fingerprint density at radius 1 is 0.944 bits per heavy atom. The molecule has 0 radical (unpaired) electrons. The van der Waals surface area contributed by atoms with Crippen LogP contribution in [0.2, 0.25) is 0 Å². The summed E-state index contributed by atoms with van der Waals surface area (Å²) >= 11 is 4.53. The highest BCUT2D eigenvalue weighted by Gasteiger charge is 2.14. The first-order chi connectivity index (χ1) is 8.41.